The summed E-state index contributed by atoms with van der Waals surface area (Å²) in [6, 6.07) is 1.73. The molecule has 2 rings (SSSR count). The first-order valence-electron chi connectivity index (χ1n) is 4.67. The van der Waals surface area contributed by atoms with Crippen molar-refractivity contribution in [3.8, 4) is 0 Å². The van der Waals surface area contributed by atoms with E-state index in [-0.39, 0.29) is 11.1 Å². The lowest BCUT2D eigenvalue weighted by atomic mass is 10.0. The van der Waals surface area contributed by atoms with E-state index in [0.717, 1.165) is 12.1 Å². The van der Waals surface area contributed by atoms with Crippen LogP contribution in [-0.2, 0) is 0 Å². The molecule has 0 aliphatic heterocycles. The molecule has 0 aliphatic carbocycles. The number of aliphatic hydroxyl groups is 1. The second-order valence-electron chi connectivity index (χ2n) is 3.34. The SMILES string of the molecule is OC(c1cncnc1)c1ccc(F)c(F)c1F. The molecule has 0 amide bonds. The minimum absolute atomic E-state index is 0.192. The van der Waals surface area contributed by atoms with Crippen molar-refractivity contribution in [3.05, 3.63) is 59.4 Å². The summed E-state index contributed by atoms with van der Waals surface area (Å²) in [7, 11) is 0. The van der Waals surface area contributed by atoms with Gasteiger partial charge in [-0.1, -0.05) is 6.07 Å². The average molecular weight is 240 g/mol. The predicted molar refractivity (Wildman–Crippen MR) is 52.4 cm³/mol. The number of rotatable bonds is 2. The molecule has 1 aromatic carbocycles. The monoisotopic (exact) mass is 240 g/mol. The molecule has 0 bridgehead atoms. The van der Waals surface area contributed by atoms with Gasteiger partial charge in [0.2, 0.25) is 0 Å². The molecule has 1 N–H and O–H groups in total. The third kappa shape index (κ3) is 2.12. The predicted octanol–water partition coefficient (Wildman–Crippen LogP) is 1.98. The van der Waals surface area contributed by atoms with Crippen LogP contribution in [0.25, 0.3) is 0 Å². The lowest BCUT2D eigenvalue weighted by molar-refractivity contribution is 0.211. The van der Waals surface area contributed by atoms with Crippen LogP contribution in [0.4, 0.5) is 13.2 Å². The van der Waals surface area contributed by atoms with Gasteiger partial charge in [0.25, 0.3) is 0 Å². The van der Waals surface area contributed by atoms with Crippen LogP contribution in [0, 0.1) is 17.5 Å². The Morgan fingerprint density at radius 1 is 1.00 bits per heavy atom. The lowest BCUT2D eigenvalue weighted by Gasteiger charge is -2.11. The first kappa shape index (κ1) is 11.5. The number of nitrogens with zero attached hydrogens (tertiary/aromatic N) is 2. The third-order valence-corrected chi connectivity index (χ3v) is 2.26. The molecule has 0 radical (unpaired) electrons. The van der Waals surface area contributed by atoms with E-state index < -0.39 is 23.6 Å². The Balaban J connectivity index is 2.45. The van der Waals surface area contributed by atoms with E-state index >= 15 is 0 Å². The standard InChI is InChI=1S/C11H7F3N2O/c12-8-2-1-7(9(13)10(8)14)11(17)6-3-15-5-16-4-6/h1-5,11,17H. The number of hydrogen-bond acceptors (Lipinski definition) is 3. The van der Waals surface area contributed by atoms with Gasteiger partial charge in [0.15, 0.2) is 17.5 Å². The molecule has 3 nitrogen and oxygen atoms in total. The Kier molecular flexibility index (Phi) is 3.06. The van der Waals surface area contributed by atoms with Gasteiger partial charge in [-0.3, -0.25) is 0 Å². The number of aliphatic hydroxyl groups excluding tert-OH is 1. The molecule has 0 saturated heterocycles. The van der Waals surface area contributed by atoms with Crippen LogP contribution in [0.1, 0.15) is 17.2 Å². The van der Waals surface area contributed by atoms with Crippen LogP contribution in [0.5, 0.6) is 0 Å². The van der Waals surface area contributed by atoms with E-state index in [1.807, 2.05) is 0 Å². The Labute approximate surface area is 94.6 Å². The molecule has 88 valence electrons. The fraction of sp³-hybridized carbons (Fsp3) is 0.0909. The molecule has 0 aliphatic rings. The van der Waals surface area contributed by atoms with Crippen molar-refractivity contribution in [1.29, 1.82) is 0 Å². The van der Waals surface area contributed by atoms with E-state index in [0.29, 0.717) is 0 Å². The van der Waals surface area contributed by atoms with Crippen LogP contribution in [0.2, 0.25) is 0 Å². The van der Waals surface area contributed by atoms with Gasteiger partial charge < -0.3 is 5.11 Å². The second kappa shape index (κ2) is 4.50. The van der Waals surface area contributed by atoms with Gasteiger partial charge in [-0.25, -0.2) is 23.1 Å². The highest BCUT2D eigenvalue weighted by molar-refractivity contribution is 5.29. The number of halogens is 3. The van der Waals surface area contributed by atoms with Crippen LogP contribution in [0.15, 0.2) is 30.9 Å². The second-order valence-corrected chi connectivity index (χ2v) is 3.34. The molecular weight excluding hydrogens is 233 g/mol. The Hall–Kier alpha value is -1.95. The fourth-order valence-corrected chi connectivity index (χ4v) is 1.38. The summed E-state index contributed by atoms with van der Waals surface area (Å²) in [6.45, 7) is 0. The Morgan fingerprint density at radius 2 is 1.65 bits per heavy atom. The van der Waals surface area contributed by atoms with Crippen molar-refractivity contribution in [2.45, 2.75) is 6.10 Å². The molecule has 1 unspecified atom stereocenters. The zero-order chi connectivity index (χ0) is 12.4. The van der Waals surface area contributed by atoms with Crippen molar-refractivity contribution in [2.75, 3.05) is 0 Å². The summed E-state index contributed by atoms with van der Waals surface area (Å²) in [6.07, 6.45) is 2.32. The van der Waals surface area contributed by atoms with Crippen LogP contribution >= 0.6 is 0 Å². The summed E-state index contributed by atoms with van der Waals surface area (Å²) in [5, 5.41) is 9.78. The molecule has 1 heterocycles. The minimum atomic E-state index is -1.61. The van der Waals surface area contributed by atoms with E-state index in [2.05, 4.69) is 9.97 Å². The summed E-state index contributed by atoms with van der Waals surface area (Å²) >= 11 is 0. The number of hydrogen-bond donors (Lipinski definition) is 1. The van der Waals surface area contributed by atoms with Gasteiger partial charge >= 0.3 is 0 Å². The van der Waals surface area contributed by atoms with Crippen LogP contribution in [0.3, 0.4) is 0 Å². The zero-order valence-corrected chi connectivity index (χ0v) is 8.44. The van der Waals surface area contributed by atoms with Gasteiger partial charge in [-0.2, -0.15) is 0 Å². The highest BCUT2D eigenvalue weighted by atomic mass is 19.2. The average Bonchev–Trinajstić information content (AvgIpc) is 2.36. The summed E-state index contributed by atoms with van der Waals surface area (Å²) in [5.41, 5.74) is -0.170. The van der Waals surface area contributed by atoms with Gasteiger partial charge in [-0.05, 0) is 6.07 Å². The molecule has 17 heavy (non-hydrogen) atoms. The van der Waals surface area contributed by atoms with E-state index in [1.165, 1.54) is 18.7 Å². The van der Waals surface area contributed by atoms with Crippen molar-refractivity contribution < 1.29 is 18.3 Å². The minimum Gasteiger partial charge on any atom is -0.383 e. The Bertz CT molecular complexity index is 534. The normalized spacial score (nSPS) is 12.5. The topological polar surface area (TPSA) is 46.0 Å². The first-order valence-corrected chi connectivity index (χ1v) is 4.67. The van der Waals surface area contributed by atoms with E-state index in [1.54, 1.807) is 0 Å². The van der Waals surface area contributed by atoms with E-state index in [4.69, 9.17) is 0 Å². The van der Waals surface area contributed by atoms with Gasteiger partial charge in [0, 0.05) is 23.5 Å². The Morgan fingerprint density at radius 3 is 2.29 bits per heavy atom. The largest absolute Gasteiger partial charge is 0.383 e. The van der Waals surface area contributed by atoms with Crippen molar-refractivity contribution >= 4 is 0 Å². The first-order chi connectivity index (χ1) is 8.11. The highest BCUT2D eigenvalue weighted by Crippen LogP contribution is 2.25. The molecule has 1 atom stereocenters. The molecule has 0 spiro atoms. The fourth-order valence-electron chi connectivity index (χ4n) is 1.38. The highest BCUT2D eigenvalue weighted by Gasteiger charge is 2.20. The summed E-state index contributed by atoms with van der Waals surface area (Å²) < 4.78 is 39.1. The van der Waals surface area contributed by atoms with E-state index in [9.17, 15) is 18.3 Å². The van der Waals surface area contributed by atoms with Crippen LogP contribution < -0.4 is 0 Å². The maximum Gasteiger partial charge on any atom is 0.194 e. The van der Waals surface area contributed by atoms with Crippen LogP contribution in [-0.4, -0.2) is 15.1 Å². The maximum atomic E-state index is 13.4. The van der Waals surface area contributed by atoms with Crippen molar-refractivity contribution in [3.63, 3.8) is 0 Å². The molecule has 2 aromatic rings. The lowest BCUT2D eigenvalue weighted by Crippen LogP contribution is -2.06. The molecule has 6 heteroatoms. The smallest absolute Gasteiger partial charge is 0.194 e. The summed E-state index contributed by atoms with van der Waals surface area (Å²) in [5.74, 6) is -4.33. The van der Waals surface area contributed by atoms with Gasteiger partial charge in [0.05, 0.1) is 0 Å². The molecule has 0 fully saturated rings. The molecule has 0 saturated carbocycles. The van der Waals surface area contributed by atoms with Gasteiger partial charge in [0.1, 0.15) is 12.4 Å². The molecular formula is C11H7F3N2O. The van der Waals surface area contributed by atoms with Gasteiger partial charge in [-0.15, -0.1) is 0 Å². The number of benzene rings is 1. The van der Waals surface area contributed by atoms with Crippen molar-refractivity contribution in [1.82, 2.24) is 9.97 Å². The maximum absolute atomic E-state index is 13.4. The number of aromatic nitrogens is 2. The quantitative estimate of drug-likeness (QED) is 0.816. The zero-order valence-electron chi connectivity index (χ0n) is 8.44. The van der Waals surface area contributed by atoms with Crippen molar-refractivity contribution in [2.24, 2.45) is 0 Å². The third-order valence-electron chi connectivity index (χ3n) is 2.26. The summed E-state index contributed by atoms with van der Waals surface area (Å²) in [4.78, 5) is 7.28. The molecule has 1 aromatic heterocycles.